The van der Waals surface area contributed by atoms with E-state index in [-0.39, 0.29) is 25.2 Å². The molecule has 0 radical (unpaired) electrons. The highest BCUT2D eigenvalue weighted by molar-refractivity contribution is 6.04. The molecule has 0 saturated carbocycles. The first-order valence-corrected chi connectivity index (χ1v) is 13.3. The number of hydrogen-bond donors (Lipinski definition) is 3. The third-order valence-electron chi connectivity index (χ3n) is 6.62. The fourth-order valence-corrected chi connectivity index (χ4v) is 4.44. The summed E-state index contributed by atoms with van der Waals surface area (Å²) in [7, 11) is 1.58. The highest BCUT2D eigenvalue weighted by Crippen LogP contribution is 2.18. The summed E-state index contributed by atoms with van der Waals surface area (Å²) < 4.78 is 10.9. The molecule has 4 aromatic rings. The Labute approximate surface area is 235 Å². The number of anilines is 1. The molecule has 0 spiro atoms. The molecule has 1 amide bonds. The Morgan fingerprint density at radius 3 is 2.10 bits per heavy atom. The minimum Gasteiger partial charge on any atom is -0.497 e. The van der Waals surface area contributed by atoms with Gasteiger partial charge in [0.05, 0.1) is 13.7 Å². The van der Waals surface area contributed by atoms with Gasteiger partial charge >= 0.3 is 0 Å². The van der Waals surface area contributed by atoms with Crippen LogP contribution in [0.2, 0.25) is 0 Å². The molecule has 40 heavy (non-hydrogen) atoms. The van der Waals surface area contributed by atoms with Gasteiger partial charge in [-0.1, -0.05) is 60.7 Å². The number of amides is 1. The van der Waals surface area contributed by atoms with Gasteiger partial charge in [-0.2, -0.15) is 0 Å². The van der Waals surface area contributed by atoms with Crippen molar-refractivity contribution in [3.63, 3.8) is 0 Å². The number of benzene rings is 4. The van der Waals surface area contributed by atoms with Crippen LogP contribution in [-0.4, -0.2) is 60.0 Å². The number of rotatable bonds is 14. The molecule has 0 aliphatic carbocycles. The molecule has 4 aromatic carbocycles. The van der Waals surface area contributed by atoms with E-state index in [4.69, 9.17) is 9.47 Å². The molecular weight excluding hydrogens is 504 g/mol. The van der Waals surface area contributed by atoms with Gasteiger partial charge in [-0.3, -0.25) is 9.69 Å². The smallest absolute Gasteiger partial charge is 0.255 e. The van der Waals surface area contributed by atoms with E-state index < -0.39 is 6.10 Å². The van der Waals surface area contributed by atoms with E-state index in [1.165, 1.54) is 0 Å². The van der Waals surface area contributed by atoms with E-state index in [1.807, 2.05) is 84.9 Å². The number of aliphatic hydroxyl groups excluding tert-OH is 2. The second kappa shape index (κ2) is 14.8. The van der Waals surface area contributed by atoms with Crippen molar-refractivity contribution < 1.29 is 24.5 Å². The molecule has 2 unspecified atom stereocenters. The molecular formula is C33H36N2O5. The predicted octanol–water partition coefficient (Wildman–Crippen LogP) is 4.79. The van der Waals surface area contributed by atoms with E-state index in [1.54, 1.807) is 31.4 Å². The number of carbonyl (C=O) groups excluding carboxylic acids is 1. The Morgan fingerprint density at radius 1 is 0.825 bits per heavy atom. The molecule has 208 valence electrons. The molecule has 0 aromatic heterocycles. The Bertz CT molecular complexity index is 1300. The molecule has 0 fully saturated rings. The van der Waals surface area contributed by atoms with Crippen LogP contribution in [0.25, 0.3) is 0 Å². The maximum atomic E-state index is 12.6. The first kappa shape index (κ1) is 28.8. The third-order valence-corrected chi connectivity index (χ3v) is 6.62. The summed E-state index contributed by atoms with van der Waals surface area (Å²) in [5.74, 6) is 1.19. The van der Waals surface area contributed by atoms with E-state index in [9.17, 15) is 15.0 Å². The largest absolute Gasteiger partial charge is 0.497 e. The number of methoxy groups -OCH3 is 1. The Kier molecular flexibility index (Phi) is 10.7. The lowest BCUT2D eigenvalue weighted by Gasteiger charge is -2.32. The maximum Gasteiger partial charge on any atom is 0.255 e. The van der Waals surface area contributed by atoms with Crippen molar-refractivity contribution >= 4 is 11.6 Å². The molecule has 0 aliphatic rings. The van der Waals surface area contributed by atoms with Gasteiger partial charge in [-0.05, 0) is 66.1 Å². The van der Waals surface area contributed by atoms with Crippen LogP contribution < -0.4 is 14.8 Å². The fourth-order valence-electron chi connectivity index (χ4n) is 4.44. The Morgan fingerprint density at radius 2 is 1.48 bits per heavy atom. The van der Waals surface area contributed by atoms with Crippen molar-refractivity contribution in [2.24, 2.45) is 0 Å². The molecule has 7 nitrogen and oxygen atoms in total. The van der Waals surface area contributed by atoms with Crippen LogP contribution in [0.3, 0.4) is 0 Å². The molecule has 4 rings (SSSR count). The lowest BCUT2D eigenvalue weighted by atomic mass is 10.0. The molecule has 0 heterocycles. The lowest BCUT2D eigenvalue weighted by molar-refractivity contribution is 0.0335. The molecule has 3 N–H and O–H groups in total. The topological polar surface area (TPSA) is 91.3 Å². The van der Waals surface area contributed by atoms with Crippen LogP contribution in [0.4, 0.5) is 5.69 Å². The lowest BCUT2D eigenvalue weighted by Crippen LogP contribution is -2.44. The molecule has 7 heteroatoms. The maximum absolute atomic E-state index is 12.6. The van der Waals surface area contributed by atoms with Crippen molar-refractivity contribution in [2.75, 3.05) is 32.2 Å². The van der Waals surface area contributed by atoms with Gasteiger partial charge in [0.25, 0.3) is 5.91 Å². The van der Waals surface area contributed by atoms with Gasteiger partial charge in [0.1, 0.15) is 24.2 Å². The average Bonchev–Trinajstić information content (AvgIpc) is 3.00. The number of aliphatic hydroxyl groups is 2. The van der Waals surface area contributed by atoms with Crippen molar-refractivity contribution in [3.05, 3.63) is 126 Å². The summed E-state index contributed by atoms with van der Waals surface area (Å²) in [6, 6.07) is 33.7. The van der Waals surface area contributed by atoms with Gasteiger partial charge in [0.2, 0.25) is 0 Å². The summed E-state index contributed by atoms with van der Waals surface area (Å²) in [4.78, 5) is 14.7. The zero-order chi connectivity index (χ0) is 28.2. The van der Waals surface area contributed by atoms with Crippen molar-refractivity contribution in [3.8, 4) is 11.5 Å². The highest BCUT2D eigenvalue weighted by atomic mass is 16.5. The monoisotopic (exact) mass is 540 g/mol. The summed E-state index contributed by atoms with van der Waals surface area (Å²) in [6.07, 6.45) is -0.170. The van der Waals surface area contributed by atoms with Crippen molar-refractivity contribution in [1.82, 2.24) is 4.90 Å². The van der Waals surface area contributed by atoms with Crippen LogP contribution in [0.1, 0.15) is 21.5 Å². The van der Waals surface area contributed by atoms with E-state index >= 15 is 0 Å². The highest BCUT2D eigenvalue weighted by Gasteiger charge is 2.22. The first-order valence-electron chi connectivity index (χ1n) is 13.3. The van der Waals surface area contributed by atoms with Crippen molar-refractivity contribution in [1.29, 1.82) is 0 Å². The predicted molar refractivity (Wildman–Crippen MR) is 157 cm³/mol. The molecule has 0 aliphatic heterocycles. The summed E-state index contributed by atoms with van der Waals surface area (Å²) in [5, 5.41) is 24.1. The van der Waals surface area contributed by atoms with E-state index in [0.717, 1.165) is 11.1 Å². The number of para-hydroxylation sites is 1. The number of ether oxygens (including phenoxy) is 2. The Balaban J connectivity index is 1.40. The molecule has 0 saturated heterocycles. The van der Waals surface area contributed by atoms with E-state index in [0.29, 0.717) is 42.3 Å². The van der Waals surface area contributed by atoms with Crippen LogP contribution in [0.15, 0.2) is 109 Å². The van der Waals surface area contributed by atoms with Gasteiger partial charge in [0, 0.05) is 30.4 Å². The van der Waals surface area contributed by atoms with E-state index in [2.05, 4.69) is 10.2 Å². The fraction of sp³-hybridized carbons (Fsp3) is 0.242. The SMILES string of the molecule is COc1ccc(C(=O)Nc2ccc(CC(CO)N(Cc3ccccc3)CC(O)COc3ccccc3)cc2)cc1. The Hall–Kier alpha value is -4.17. The van der Waals surface area contributed by atoms with Crippen LogP contribution in [0.5, 0.6) is 11.5 Å². The van der Waals surface area contributed by atoms with Crippen molar-refractivity contribution in [2.45, 2.75) is 25.1 Å². The second-order valence-corrected chi connectivity index (χ2v) is 9.61. The normalized spacial score (nSPS) is 12.5. The number of carbonyl (C=O) groups is 1. The summed E-state index contributed by atoms with van der Waals surface area (Å²) in [5.41, 5.74) is 3.32. The average molecular weight is 541 g/mol. The summed E-state index contributed by atoms with van der Waals surface area (Å²) in [6.45, 7) is 0.985. The minimum absolute atomic E-state index is 0.0744. The van der Waals surface area contributed by atoms with Crippen LogP contribution >= 0.6 is 0 Å². The van der Waals surface area contributed by atoms with Gasteiger partial charge in [-0.25, -0.2) is 0 Å². The van der Waals surface area contributed by atoms with Gasteiger partial charge in [0.15, 0.2) is 0 Å². The standard InChI is InChI=1S/C33H36N2O5/c1-39-31-18-14-27(15-19-31)33(38)34-28-16-12-25(13-17-28)20-29(23-36)35(21-26-8-4-2-5-9-26)22-30(37)24-40-32-10-6-3-7-11-32/h2-19,29-30,36-37H,20-24H2,1H3,(H,34,38). The number of hydrogen-bond acceptors (Lipinski definition) is 6. The number of nitrogens with zero attached hydrogens (tertiary/aromatic N) is 1. The minimum atomic E-state index is -0.742. The molecule has 0 bridgehead atoms. The third kappa shape index (κ3) is 8.68. The zero-order valence-electron chi connectivity index (χ0n) is 22.6. The second-order valence-electron chi connectivity index (χ2n) is 9.61. The van der Waals surface area contributed by atoms with Gasteiger partial charge in [-0.15, -0.1) is 0 Å². The number of nitrogens with one attached hydrogen (secondary N) is 1. The zero-order valence-corrected chi connectivity index (χ0v) is 22.6. The van der Waals surface area contributed by atoms with Crippen LogP contribution in [0, 0.1) is 0 Å². The van der Waals surface area contributed by atoms with Crippen LogP contribution in [-0.2, 0) is 13.0 Å². The quantitative estimate of drug-likeness (QED) is 0.213. The first-order chi connectivity index (χ1) is 19.5. The summed E-state index contributed by atoms with van der Waals surface area (Å²) >= 11 is 0. The molecule has 2 atom stereocenters. The van der Waals surface area contributed by atoms with Gasteiger partial charge < -0.3 is 25.0 Å².